The van der Waals surface area contributed by atoms with Crippen molar-refractivity contribution in [1.29, 1.82) is 0 Å². The van der Waals surface area contributed by atoms with E-state index in [0.29, 0.717) is 12.1 Å². The van der Waals surface area contributed by atoms with Crippen LogP contribution in [-0.2, 0) is 23.0 Å². The summed E-state index contributed by atoms with van der Waals surface area (Å²) in [7, 11) is -4.04. The summed E-state index contributed by atoms with van der Waals surface area (Å²) < 4.78 is 119. The Labute approximate surface area is 204 Å². The average molecular weight is 546 g/mol. The van der Waals surface area contributed by atoms with Gasteiger partial charge in [-0.05, 0) is 13.0 Å². The molecule has 1 aliphatic rings. The fourth-order valence-corrected chi connectivity index (χ4v) is 5.15. The molecule has 1 unspecified atom stereocenters. The average Bonchev–Trinajstić information content (AvgIpc) is 3.33. The van der Waals surface area contributed by atoms with Crippen LogP contribution in [0.2, 0.25) is 0 Å². The summed E-state index contributed by atoms with van der Waals surface area (Å²) in [5.41, 5.74) is -2.73. The lowest BCUT2D eigenvalue weighted by molar-refractivity contribution is -0.0468. The first-order valence-corrected chi connectivity index (χ1v) is 12.4. The maximum atomic E-state index is 14.8. The monoisotopic (exact) mass is 546 g/mol. The van der Waals surface area contributed by atoms with Gasteiger partial charge in [-0.1, -0.05) is 5.16 Å². The highest BCUT2D eigenvalue weighted by molar-refractivity contribution is 7.89. The number of sulfonamides is 1. The number of alkyl halides is 2. The normalized spacial score (nSPS) is 17.3. The van der Waals surface area contributed by atoms with E-state index >= 15 is 0 Å². The van der Waals surface area contributed by atoms with Crippen molar-refractivity contribution in [3.8, 4) is 16.9 Å². The van der Waals surface area contributed by atoms with E-state index in [9.17, 15) is 39.6 Å². The van der Waals surface area contributed by atoms with Crippen molar-refractivity contribution in [3.05, 3.63) is 69.9 Å². The van der Waals surface area contributed by atoms with Crippen molar-refractivity contribution in [2.24, 2.45) is 0 Å². The highest BCUT2D eigenvalue weighted by Crippen LogP contribution is 2.37. The summed E-state index contributed by atoms with van der Waals surface area (Å²) in [6.07, 6.45) is -0.00673. The van der Waals surface area contributed by atoms with Crippen LogP contribution in [0.5, 0.6) is 0 Å². The summed E-state index contributed by atoms with van der Waals surface area (Å²) in [6, 6.07) is 0.405. The van der Waals surface area contributed by atoms with Crippen LogP contribution in [0.1, 0.15) is 12.6 Å². The van der Waals surface area contributed by atoms with Gasteiger partial charge in [0.15, 0.2) is 11.4 Å². The van der Waals surface area contributed by atoms with Crippen molar-refractivity contribution >= 4 is 21.0 Å². The third-order valence-electron chi connectivity index (χ3n) is 6.08. The Morgan fingerprint density at radius 2 is 1.76 bits per heavy atom. The molecule has 0 aliphatic carbocycles. The van der Waals surface area contributed by atoms with Crippen LogP contribution in [0.3, 0.4) is 0 Å². The van der Waals surface area contributed by atoms with E-state index in [1.165, 1.54) is 6.92 Å². The number of nitrogens with zero attached hydrogens (tertiary/aromatic N) is 3. The molecule has 0 bridgehead atoms. The maximum Gasteiger partial charge on any atom is 0.334 e. The van der Waals surface area contributed by atoms with Crippen LogP contribution >= 0.6 is 0 Å². The number of fused-ring (bicyclic) bond motifs is 2. The van der Waals surface area contributed by atoms with E-state index in [0.717, 1.165) is 27.5 Å². The second-order valence-electron chi connectivity index (χ2n) is 8.47. The first-order chi connectivity index (χ1) is 17.3. The van der Waals surface area contributed by atoms with Gasteiger partial charge in [0, 0.05) is 42.2 Å². The van der Waals surface area contributed by atoms with E-state index in [1.807, 2.05) is 4.72 Å². The van der Waals surface area contributed by atoms with Gasteiger partial charge >= 0.3 is 5.69 Å². The van der Waals surface area contributed by atoms with Crippen LogP contribution in [0.15, 0.2) is 39.8 Å². The van der Waals surface area contributed by atoms with Crippen LogP contribution in [-0.4, -0.2) is 40.4 Å². The molecule has 0 saturated carbocycles. The molecule has 37 heavy (non-hydrogen) atoms. The lowest BCUT2D eigenvalue weighted by atomic mass is 10.00. The largest absolute Gasteiger partial charge is 0.354 e. The minimum atomic E-state index is -4.04. The number of aromatic nitrogens is 3. The highest BCUT2D eigenvalue weighted by Gasteiger charge is 2.47. The molecular weight excluding hydrogens is 530 g/mol. The van der Waals surface area contributed by atoms with Gasteiger partial charge in [-0.25, -0.2) is 48.8 Å². The topological polar surface area (TPSA) is 99.1 Å². The van der Waals surface area contributed by atoms with E-state index in [-0.39, 0.29) is 16.7 Å². The Hall–Kier alpha value is -3.59. The molecule has 0 spiro atoms. The number of nitrogens with one attached hydrogen (secondary N) is 1. The second kappa shape index (κ2) is 8.48. The summed E-state index contributed by atoms with van der Waals surface area (Å²) in [6.45, 7) is 0.548. The van der Waals surface area contributed by atoms with Gasteiger partial charge in [0.1, 0.15) is 29.3 Å². The molecule has 1 aliphatic heterocycles. The lowest BCUT2D eigenvalue weighted by Gasteiger charge is -2.32. The minimum Gasteiger partial charge on any atom is -0.354 e. The molecule has 3 heterocycles. The van der Waals surface area contributed by atoms with Crippen LogP contribution < -0.4 is 10.4 Å². The maximum absolute atomic E-state index is 14.8. The number of imidazole rings is 1. The van der Waals surface area contributed by atoms with Crippen molar-refractivity contribution < 1.29 is 39.3 Å². The van der Waals surface area contributed by atoms with E-state index < -0.39 is 86.6 Å². The molecule has 0 amide bonds. The number of halogens is 6. The highest BCUT2D eigenvalue weighted by atomic mass is 32.2. The van der Waals surface area contributed by atoms with Crippen molar-refractivity contribution in [3.63, 3.8) is 0 Å². The molecule has 2 aromatic heterocycles. The quantitative estimate of drug-likeness (QED) is 0.387. The Morgan fingerprint density at radius 3 is 2.41 bits per heavy atom. The number of hydrogen-bond donors (Lipinski definition) is 1. The Balaban J connectivity index is 1.69. The molecule has 196 valence electrons. The van der Waals surface area contributed by atoms with Gasteiger partial charge in [-0.3, -0.25) is 4.57 Å². The molecule has 0 fully saturated rings. The Morgan fingerprint density at radius 1 is 1.11 bits per heavy atom. The molecule has 1 atom stereocenters. The van der Waals surface area contributed by atoms with Gasteiger partial charge in [-0.2, -0.15) is 0 Å². The first kappa shape index (κ1) is 25.1. The molecule has 4 aromatic rings. The minimum absolute atomic E-state index is 0.180. The van der Waals surface area contributed by atoms with E-state index in [1.54, 1.807) is 0 Å². The standard InChI is InChI=1S/C22H16F6N4O4S/c1-2-37(34,35)30-17-9-31-12(7-22(17,27)28)8-32(21(31)33)20-19-13(3-10(23)6-16(19)36-29-20)18-14(25)4-11(24)5-15(18)26/h3-6,8,17,30H,2,7,9H2,1H3. The second-order valence-corrected chi connectivity index (χ2v) is 10.5. The molecule has 5 rings (SSSR count). The van der Waals surface area contributed by atoms with Crippen molar-refractivity contribution in [2.45, 2.75) is 31.9 Å². The molecular formula is C22H16F6N4O4S. The zero-order valence-corrected chi connectivity index (χ0v) is 19.6. The summed E-state index contributed by atoms with van der Waals surface area (Å²) in [4.78, 5) is 13.2. The fourth-order valence-electron chi connectivity index (χ4n) is 4.30. The van der Waals surface area contributed by atoms with E-state index in [2.05, 4.69) is 5.16 Å². The number of hydrogen-bond acceptors (Lipinski definition) is 5. The van der Waals surface area contributed by atoms with Crippen LogP contribution in [0.4, 0.5) is 26.3 Å². The predicted octanol–water partition coefficient (Wildman–Crippen LogP) is 3.50. The molecule has 1 N–H and O–H groups in total. The number of rotatable bonds is 5. The molecule has 0 saturated heterocycles. The van der Waals surface area contributed by atoms with E-state index in [4.69, 9.17) is 4.52 Å². The Bertz CT molecular complexity index is 1700. The zero-order valence-electron chi connectivity index (χ0n) is 18.7. The molecule has 15 heteroatoms. The number of benzene rings is 2. The zero-order chi connectivity index (χ0) is 26.9. The fraction of sp³-hybridized carbons (Fsp3) is 0.273. The van der Waals surface area contributed by atoms with Crippen LogP contribution in [0, 0.1) is 23.3 Å². The van der Waals surface area contributed by atoms with Crippen molar-refractivity contribution in [1.82, 2.24) is 19.0 Å². The predicted molar refractivity (Wildman–Crippen MR) is 118 cm³/mol. The van der Waals surface area contributed by atoms with Gasteiger partial charge in [-0.15, -0.1) is 0 Å². The van der Waals surface area contributed by atoms with Crippen molar-refractivity contribution in [2.75, 3.05) is 5.75 Å². The molecule has 0 radical (unpaired) electrons. The third kappa shape index (κ3) is 4.21. The van der Waals surface area contributed by atoms with Gasteiger partial charge in [0.2, 0.25) is 10.0 Å². The van der Waals surface area contributed by atoms with Crippen LogP contribution in [0.25, 0.3) is 27.9 Å². The summed E-state index contributed by atoms with van der Waals surface area (Å²) in [5, 5.41) is 3.45. The summed E-state index contributed by atoms with van der Waals surface area (Å²) >= 11 is 0. The molecule has 8 nitrogen and oxygen atoms in total. The summed E-state index contributed by atoms with van der Waals surface area (Å²) in [5.74, 6) is -9.35. The van der Waals surface area contributed by atoms with Gasteiger partial charge in [0.05, 0.1) is 23.1 Å². The van der Waals surface area contributed by atoms with Gasteiger partial charge in [0.25, 0.3) is 5.92 Å². The third-order valence-corrected chi connectivity index (χ3v) is 7.48. The lowest BCUT2D eigenvalue weighted by Crippen LogP contribution is -2.55. The first-order valence-electron chi connectivity index (χ1n) is 10.7. The molecule has 2 aromatic carbocycles. The smallest absolute Gasteiger partial charge is 0.334 e. The Kier molecular flexibility index (Phi) is 5.75. The SMILES string of the molecule is CCS(=O)(=O)NC1Cn2c(cn(-c3noc4cc(F)cc(-c5c(F)cc(F)cc5F)c34)c2=O)CC1(F)F. The van der Waals surface area contributed by atoms with Gasteiger partial charge < -0.3 is 4.52 Å².